The summed E-state index contributed by atoms with van der Waals surface area (Å²) in [5, 5.41) is 12.4. The zero-order chi connectivity index (χ0) is 21.6. The molecule has 1 heterocycles. The van der Waals surface area contributed by atoms with Crippen molar-refractivity contribution in [3.63, 3.8) is 0 Å². The lowest BCUT2D eigenvalue weighted by atomic mass is 10.4. The summed E-state index contributed by atoms with van der Waals surface area (Å²) in [5.41, 5.74) is 8.07. The zero-order valence-corrected chi connectivity index (χ0v) is 15.3. The van der Waals surface area contributed by atoms with Gasteiger partial charge < -0.3 is 21.3 Å². The van der Waals surface area contributed by atoms with E-state index in [4.69, 9.17) is 5.53 Å². The molecule has 0 aromatic heterocycles. The molecule has 1 aliphatic rings. The van der Waals surface area contributed by atoms with Crippen LogP contribution in [-0.2, 0) is 28.8 Å². The minimum atomic E-state index is -0.628. The van der Waals surface area contributed by atoms with Crippen LogP contribution in [0.15, 0.2) is 17.3 Å². The summed E-state index contributed by atoms with van der Waals surface area (Å²) in [6.45, 7) is -1.10. The van der Waals surface area contributed by atoms with Crippen molar-refractivity contribution >= 4 is 35.4 Å². The largest absolute Gasteiger partial charge is 0.353 e. The van der Waals surface area contributed by atoms with Crippen molar-refractivity contribution in [3.05, 3.63) is 22.6 Å². The normalized spacial score (nSPS) is 12.2. The second-order valence-electron chi connectivity index (χ2n) is 5.55. The minimum absolute atomic E-state index is 0.00892. The zero-order valence-electron chi connectivity index (χ0n) is 15.3. The summed E-state index contributed by atoms with van der Waals surface area (Å²) in [6.07, 6.45) is 2.20. The molecule has 6 amide bonds. The van der Waals surface area contributed by atoms with Crippen LogP contribution in [0.3, 0.4) is 0 Å². The van der Waals surface area contributed by atoms with E-state index in [1.54, 1.807) is 0 Å². The van der Waals surface area contributed by atoms with E-state index in [2.05, 4.69) is 31.3 Å². The third-order valence-corrected chi connectivity index (χ3v) is 3.40. The van der Waals surface area contributed by atoms with Crippen molar-refractivity contribution in [3.8, 4) is 0 Å². The van der Waals surface area contributed by atoms with Crippen LogP contribution >= 0.6 is 0 Å². The lowest BCUT2D eigenvalue weighted by molar-refractivity contribution is -0.137. The van der Waals surface area contributed by atoms with Crippen LogP contribution in [0.5, 0.6) is 0 Å². The van der Waals surface area contributed by atoms with Crippen molar-refractivity contribution in [2.24, 2.45) is 5.11 Å². The van der Waals surface area contributed by atoms with Gasteiger partial charge in [0.2, 0.25) is 23.6 Å². The molecule has 4 N–H and O–H groups in total. The maximum absolute atomic E-state index is 11.6. The van der Waals surface area contributed by atoms with E-state index in [1.165, 1.54) is 0 Å². The number of nitrogens with zero attached hydrogens (tertiary/aromatic N) is 4. The molecule has 0 aromatic carbocycles. The number of rotatable bonds is 12. The molecular formula is C15H20N8O6. The number of hydrogen-bond donors (Lipinski definition) is 4. The highest BCUT2D eigenvalue weighted by Crippen LogP contribution is 2.01. The number of hydrogen-bond acceptors (Lipinski definition) is 7. The van der Waals surface area contributed by atoms with Gasteiger partial charge in [-0.3, -0.25) is 33.7 Å². The van der Waals surface area contributed by atoms with Crippen molar-refractivity contribution < 1.29 is 28.8 Å². The van der Waals surface area contributed by atoms with Gasteiger partial charge >= 0.3 is 0 Å². The van der Waals surface area contributed by atoms with Crippen molar-refractivity contribution in [1.29, 1.82) is 0 Å². The molecule has 14 heteroatoms. The van der Waals surface area contributed by atoms with Crippen LogP contribution in [0.1, 0.15) is 6.42 Å². The second-order valence-corrected chi connectivity index (χ2v) is 5.55. The Kier molecular flexibility index (Phi) is 9.93. The van der Waals surface area contributed by atoms with Gasteiger partial charge in [-0.05, 0) is 5.53 Å². The van der Waals surface area contributed by atoms with Gasteiger partial charge in [0.05, 0.1) is 19.6 Å². The Hall–Kier alpha value is -3.93. The Balaban J connectivity index is 2.10. The first-order chi connectivity index (χ1) is 13.8. The van der Waals surface area contributed by atoms with E-state index in [1.807, 2.05) is 0 Å². The summed E-state index contributed by atoms with van der Waals surface area (Å²) < 4.78 is 0. The first kappa shape index (κ1) is 23.1. The molecular weight excluding hydrogens is 388 g/mol. The van der Waals surface area contributed by atoms with Gasteiger partial charge in [0.25, 0.3) is 11.8 Å². The Morgan fingerprint density at radius 2 is 1.34 bits per heavy atom. The summed E-state index contributed by atoms with van der Waals surface area (Å²) in [5.74, 6) is -3.18. The second kappa shape index (κ2) is 12.5. The molecule has 0 saturated carbocycles. The van der Waals surface area contributed by atoms with E-state index >= 15 is 0 Å². The lowest BCUT2D eigenvalue weighted by Crippen LogP contribution is -2.45. The molecule has 0 unspecified atom stereocenters. The third-order valence-electron chi connectivity index (χ3n) is 3.40. The number of amides is 6. The van der Waals surface area contributed by atoms with E-state index in [9.17, 15) is 28.8 Å². The van der Waals surface area contributed by atoms with E-state index in [0.717, 1.165) is 17.1 Å². The third kappa shape index (κ3) is 9.53. The van der Waals surface area contributed by atoms with Crippen LogP contribution in [0, 0.1) is 0 Å². The van der Waals surface area contributed by atoms with Gasteiger partial charge in [0, 0.05) is 43.1 Å². The highest BCUT2D eigenvalue weighted by Gasteiger charge is 2.22. The highest BCUT2D eigenvalue weighted by atomic mass is 16.2. The van der Waals surface area contributed by atoms with E-state index < -0.39 is 42.0 Å². The number of carbonyl (C=O) groups is 6. The van der Waals surface area contributed by atoms with Crippen molar-refractivity contribution in [2.75, 3.05) is 39.3 Å². The number of imide groups is 1. The molecule has 1 aliphatic heterocycles. The van der Waals surface area contributed by atoms with Gasteiger partial charge in [-0.2, -0.15) is 0 Å². The van der Waals surface area contributed by atoms with Gasteiger partial charge in [0.15, 0.2) is 0 Å². The molecule has 0 aromatic rings. The maximum Gasteiger partial charge on any atom is 0.253 e. The molecule has 1 rings (SSSR count). The van der Waals surface area contributed by atoms with Gasteiger partial charge in [-0.1, -0.05) is 5.11 Å². The molecule has 0 radical (unpaired) electrons. The molecule has 0 aliphatic carbocycles. The average molecular weight is 408 g/mol. The molecule has 14 nitrogen and oxygen atoms in total. The van der Waals surface area contributed by atoms with Crippen LogP contribution < -0.4 is 21.3 Å². The van der Waals surface area contributed by atoms with E-state index in [0.29, 0.717) is 0 Å². The summed E-state index contributed by atoms with van der Waals surface area (Å²) >= 11 is 0. The first-order valence-electron chi connectivity index (χ1n) is 8.44. The maximum atomic E-state index is 11.6. The fraction of sp³-hybridized carbons (Fsp3) is 0.467. The quantitative estimate of drug-likeness (QED) is 0.115. The van der Waals surface area contributed by atoms with Crippen molar-refractivity contribution in [1.82, 2.24) is 26.2 Å². The molecule has 0 atom stereocenters. The van der Waals surface area contributed by atoms with E-state index in [-0.39, 0.29) is 39.1 Å². The summed E-state index contributed by atoms with van der Waals surface area (Å²) in [4.78, 5) is 72.1. The fourth-order valence-electron chi connectivity index (χ4n) is 1.97. The van der Waals surface area contributed by atoms with Gasteiger partial charge in [-0.25, -0.2) is 0 Å². The molecule has 156 valence electrons. The average Bonchev–Trinajstić information content (AvgIpc) is 3.01. The fourth-order valence-corrected chi connectivity index (χ4v) is 1.97. The topological polar surface area (TPSA) is 203 Å². The van der Waals surface area contributed by atoms with Crippen LogP contribution in [0.2, 0.25) is 0 Å². The van der Waals surface area contributed by atoms with Crippen LogP contribution in [-0.4, -0.2) is 79.6 Å². The first-order valence-corrected chi connectivity index (χ1v) is 8.44. The van der Waals surface area contributed by atoms with Crippen LogP contribution in [0.4, 0.5) is 0 Å². The molecule has 29 heavy (non-hydrogen) atoms. The molecule has 0 fully saturated rings. The molecule has 0 bridgehead atoms. The monoisotopic (exact) mass is 408 g/mol. The van der Waals surface area contributed by atoms with Crippen molar-refractivity contribution in [2.45, 2.75) is 6.42 Å². The minimum Gasteiger partial charge on any atom is -0.353 e. The standard InChI is InChI=1S/C15H20N8O6/c16-22-21-4-3-10(24)18-8-12(26)20-9-13(27)19-7-11(25)17-5-6-23-14(28)1-2-15(23)29/h1-2H,3-9H2,(H,17,25)(H,18,24)(H,19,27)(H,20,26). The SMILES string of the molecule is [N-]=[N+]=NCCC(=O)NCC(=O)NCC(=O)NCC(=O)NCCN1C(=O)C=CC1=O. The highest BCUT2D eigenvalue weighted by molar-refractivity contribution is 6.12. The lowest BCUT2D eigenvalue weighted by Gasteiger charge is -2.14. The van der Waals surface area contributed by atoms with Gasteiger partial charge in [-0.15, -0.1) is 0 Å². The van der Waals surface area contributed by atoms with Crippen LogP contribution in [0.25, 0.3) is 10.4 Å². The number of carbonyl (C=O) groups excluding carboxylic acids is 6. The Bertz CT molecular complexity index is 740. The van der Waals surface area contributed by atoms with Gasteiger partial charge in [0.1, 0.15) is 0 Å². The molecule has 0 spiro atoms. The number of nitrogens with one attached hydrogen (secondary N) is 4. The number of azide groups is 1. The summed E-state index contributed by atoms with van der Waals surface area (Å²) in [7, 11) is 0. The predicted octanol–water partition coefficient (Wildman–Crippen LogP) is -2.92. The molecule has 0 saturated heterocycles. The smallest absolute Gasteiger partial charge is 0.253 e. The Morgan fingerprint density at radius 1 is 0.862 bits per heavy atom. The Labute approximate surface area is 164 Å². The predicted molar refractivity (Wildman–Crippen MR) is 96.5 cm³/mol. The summed E-state index contributed by atoms with van der Waals surface area (Å²) in [6, 6.07) is 0. The Morgan fingerprint density at radius 3 is 1.86 bits per heavy atom.